The third kappa shape index (κ3) is 2.10. The smallest absolute Gasteiger partial charge is 0.123 e. The van der Waals surface area contributed by atoms with Crippen molar-refractivity contribution in [1.82, 2.24) is 14.5 Å². The van der Waals surface area contributed by atoms with Crippen molar-refractivity contribution in [2.45, 2.75) is 38.1 Å². The van der Waals surface area contributed by atoms with Crippen LogP contribution in [-0.2, 0) is 0 Å². The van der Waals surface area contributed by atoms with E-state index in [1.54, 1.807) is 0 Å². The fourth-order valence-electron chi connectivity index (χ4n) is 2.74. The van der Waals surface area contributed by atoms with Crippen LogP contribution in [-0.4, -0.2) is 14.5 Å². The molecule has 0 radical (unpaired) electrons. The topological polar surface area (TPSA) is 56.7 Å². The highest BCUT2D eigenvalue weighted by atomic mass is 15.1. The van der Waals surface area contributed by atoms with Crippen molar-refractivity contribution in [2.75, 3.05) is 5.73 Å². The quantitative estimate of drug-likeness (QED) is 0.880. The lowest BCUT2D eigenvalue weighted by Crippen LogP contribution is -2.12. The maximum absolute atomic E-state index is 5.63. The number of hydrogen-bond acceptors (Lipinski definition) is 3. The van der Waals surface area contributed by atoms with E-state index in [0.717, 1.165) is 11.3 Å². The zero-order valence-corrected chi connectivity index (χ0v) is 10.4. The van der Waals surface area contributed by atoms with Crippen LogP contribution in [0, 0.1) is 0 Å². The molecule has 0 unspecified atom stereocenters. The molecular weight excluding hydrogens is 224 g/mol. The van der Waals surface area contributed by atoms with Crippen LogP contribution in [0.5, 0.6) is 0 Å². The normalized spacial score (nSPS) is 16.9. The van der Waals surface area contributed by atoms with Crippen molar-refractivity contribution in [3.8, 4) is 11.3 Å². The highest BCUT2D eigenvalue weighted by Crippen LogP contribution is 2.32. The van der Waals surface area contributed by atoms with Gasteiger partial charge >= 0.3 is 0 Å². The molecule has 0 aliphatic heterocycles. The Kier molecular flexibility index (Phi) is 3.00. The van der Waals surface area contributed by atoms with Gasteiger partial charge in [0.1, 0.15) is 5.82 Å². The number of anilines is 1. The summed E-state index contributed by atoms with van der Waals surface area (Å²) in [5, 5.41) is 0. The van der Waals surface area contributed by atoms with Gasteiger partial charge in [-0.3, -0.25) is 0 Å². The van der Waals surface area contributed by atoms with E-state index >= 15 is 0 Å². The fourth-order valence-corrected chi connectivity index (χ4v) is 2.74. The molecule has 0 spiro atoms. The number of imidazole rings is 1. The van der Waals surface area contributed by atoms with Crippen molar-refractivity contribution in [3.63, 3.8) is 0 Å². The molecule has 2 aromatic rings. The Morgan fingerprint density at radius 1 is 1.11 bits per heavy atom. The molecule has 2 heterocycles. The predicted octanol–water partition coefficient (Wildman–Crippen LogP) is 3.03. The molecule has 1 saturated carbocycles. The van der Waals surface area contributed by atoms with Gasteiger partial charge < -0.3 is 10.3 Å². The summed E-state index contributed by atoms with van der Waals surface area (Å²) in [6, 6.07) is 4.44. The zero-order chi connectivity index (χ0) is 12.4. The summed E-state index contributed by atoms with van der Waals surface area (Å²) in [7, 11) is 0. The Morgan fingerprint density at radius 2 is 1.94 bits per heavy atom. The maximum Gasteiger partial charge on any atom is 0.123 e. The van der Waals surface area contributed by atoms with Crippen LogP contribution in [0.15, 0.2) is 30.9 Å². The Morgan fingerprint density at radius 3 is 2.67 bits per heavy atom. The first-order valence-electron chi connectivity index (χ1n) is 6.58. The van der Waals surface area contributed by atoms with Crippen LogP contribution in [0.25, 0.3) is 11.3 Å². The minimum absolute atomic E-state index is 0.558. The molecule has 0 atom stereocenters. The third-order valence-electron chi connectivity index (χ3n) is 3.72. The van der Waals surface area contributed by atoms with Gasteiger partial charge in [-0.25, -0.2) is 9.97 Å². The van der Waals surface area contributed by atoms with Gasteiger partial charge in [-0.15, -0.1) is 0 Å². The second kappa shape index (κ2) is 4.80. The van der Waals surface area contributed by atoms with Gasteiger partial charge in [0.15, 0.2) is 0 Å². The van der Waals surface area contributed by atoms with E-state index in [1.165, 1.54) is 32.1 Å². The summed E-state index contributed by atoms with van der Waals surface area (Å²) in [5.41, 5.74) is 7.87. The molecule has 2 aromatic heterocycles. The molecule has 1 aliphatic rings. The van der Waals surface area contributed by atoms with Crippen molar-refractivity contribution >= 4 is 5.82 Å². The number of aromatic nitrogens is 3. The number of pyridine rings is 1. The monoisotopic (exact) mass is 242 g/mol. The number of nitrogens with two attached hydrogens (primary N) is 1. The third-order valence-corrected chi connectivity index (χ3v) is 3.72. The number of nitrogens with zero attached hydrogens (tertiary/aromatic N) is 3. The van der Waals surface area contributed by atoms with Gasteiger partial charge in [0.2, 0.25) is 0 Å². The van der Waals surface area contributed by atoms with Gasteiger partial charge in [0, 0.05) is 17.8 Å². The zero-order valence-electron chi connectivity index (χ0n) is 10.4. The standard InChI is InChI=1S/C14H18N4/c15-14-7-6-11(8-17-14)13-9-16-10-18(13)12-4-2-1-3-5-12/h6-10,12H,1-5H2,(H2,15,17). The van der Waals surface area contributed by atoms with E-state index in [4.69, 9.17) is 5.73 Å². The molecule has 3 rings (SSSR count). The Bertz CT molecular complexity index is 509. The molecule has 0 bridgehead atoms. The molecular formula is C14H18N4. The largest absolute Gasteiger partial charge is 0.384 e. The second-order valence-electron chi connectivity index (χ2n) is 4.95. The van der Waals surface area contributed by atoms with Crippen molar-refractivity contribution < 1.29 is 0 Å². The Hall–Kier alpha value is -1.84. The first-order valence-corrected chi connectivity index (χ1v) is 6.58. The van der Waals surface area contributed by atoms with Crippen LogP contribution in [0.3, 0.4) is 0 Å². The van der Waals surface area contributed by atoms with E-state index in [2.05, 4.69) is 14.5 Å². The van der Waals surface area contributed by atoms with Gasteiger partial charge in [0.25, 0.3) is 0 Å². The molecule has 4 heteroatoms. The van der Waals surface area contributed by atoms with Crippen LogP contribution < -0.4 is 5.73 Å². The number of nitrogen functional groups attached to an aromatic ring is 1. The fraction of sp³-hybridized carbons (Fsp3) is 0.429. The lowest BCUT2D eigenvalue weighted by molar-refractivity contribution is 0.355. The number of hydrogen-bond donors (Lipinski definition) is 1. The van der Waals surface area contributed by atoms with Gasteiger partial charge in [-0.05, 0) is 25.0 Å². The van der Waals surface area contributed by atoms with Crippen molar-refractivity contribution in [3.05, 3.63) is 30.9 Å². The molecule has 0 aromatic carbocycles. The number of rotatable bonds is 2. The van der Waals surface area contributed by atoms with Crippen LogP contribution in [0.1, 0.15) is 38.1 Å². The Balaban J connectivity index is 1.93. The molecule has 1 aliphatic carbocycles. The molecule has 0 amide bonds. The first kappa shape index (κ1) is 11.3. The van der Waals surface area contributed by atoms with Gasteiger partial charge in [-0.2, -0.15) is 0 Å². The van der Waals surface area contributed by atoms with E-state index in [-0.39, 0.29) is 0 Å². The van der Waals surface area contributed by atoms with Crippen molar-refractivity contribution in [2.24, 2.45) is 0 Å². The van der Waals surface area contributed by atoms with Crippen LogP contribution in [0.2, 0.25) is 0 Å². The molecule has 4 nitrogen and oxygen atoms in total. The summed E-state index contributed by atoms with van der Waals surface area (Å²) in [4.78, 5) is 8.46. The van der Waals surface area contributed by atoms with Crippen LogP contribution in [0.4, 0.5) is 5.82 Å². The summed E-state index contributed by atoms with van der Waals surface area (Å²) in [5.74, 6) is 0.558. The lowest BCUT2D eigenvalue weighted by atomic mass is 9.95. The highest BCUT2D eigenvalue weighted by molar-refractivity contribution is 5.59. The summed E-state index contributed by atoms with van der Waals surface area (Å²) in [6.45, 7) is 0. The van der Waals surface area contributed by atoms with E-state index in [0.29, 0.717) is 11.9 Å². The SMILES string of the molecule is Nc1ccc(-c2cncn2C2CCCCC2)cn1. The molecule has 1 fully saturated rings. The summed E-state index contributed by atoms with van der Waals surface area (Å²) in [6.07, 6.45) is 12.2. The highest BCUT2D eigenvalue weighted by Gasteiger charge is 2.18. The average Bonchev–Trinajstić information content (AvgIpc) is 2.90. The molecule has 18 heavy (non-hydrogen) atoms. The van der Waals surface area contributed by atoms with Gasteiger partial charge in [0.05, 0.1) is 18.2 Å². The van der Waals surface area contributed by atoms with E-state index in [1.807, 2.05) is 30.9 Å². The molecule has 0 saturated heterocycles. The second-order valence-corrected chi connectivity index (χ2v) is 4.95. The van der Waals surface area contributed by atoms with E-state index in [9.17, 15) is 0 Å². The van der Waals surface area contributed by atoms with Crippen molar-refractivity contribution in [1.29, 1.82) is 0 Å². The minimum atomic E-state index is 0.558. The molecule has 2 N–H and O–H groups in total. The Labute approximate surface area is 107 Å². The van der Waals surface area contributed by atoms with Gasteiger partial charge in [-0.1, -0.05) is 19.3 Å². The minimum Gasteiger partial charge on any atom is -0.384 e. The first-order chi connectivity index (χ1) is 8.84. The summed E-state index contributed by atoms with van der Waals surface area (Å²) >= 11 is 0. The van der Waals surface area contributed by atoms with E-state index < -0.39 is 0 Å². The lowest BCUT2D eigenvalue weighted by Gasteiger charge is -2.24. The van der Waals surface area contributed by atoms with Crippen LogP contribution >= 0.6 is 0 Å². The summed E-state index contributed by atoms with van der Waals surface area (Å²) < 4.78 is 2.30. The molecule has 94 valence electrons. The predicted molar refractivity (Wildman–Crippen MR) is 72.0 cm³/mol. The average molecular weight is 242 g/mol. The maximum atomic E-state index is 5.63.